The van der Waals surface area contributed by atoms with Gasteiger partial charge in [0.1, 0.15) is 0 Å². The van der Waals surface area contributed by atoms with Crippen LogP contribution in [0.3, 0.4) is 0 Å². The van der Waals surface area contributed by atoms with Crippen molar-refractivity contribution < 1.29 is 9.53 Å². The van der Waals surface area contributed by atoms with E-state index in [1.165, 1.54) is 0 Å². The zero-order chi connectivity index (χ0) is 9.73. The molecule has 0 spiro atoms. The summed E-state index contributed by atoms with van der Waals surface area (Å²) in [6.07, 6.45) is 2.92. The lowest BCUT2D eigenvalue weighted by Crippen LogP contribution is -2.46. The Morgan fingerprint density at radius 2 is 2.31 bits per heavy atom. The lowest BCUT2D eigenvalue weighted by molar-refractivity contribution is -0.156. The standard InChI is InChI=1S/C10H19NO2/c1-3-10(9(12)13-4-2)6-5-7-11-8-10/h11H,3-8H2,1-2H3/t10-/m0/s1. The van der Waals surface area contributed by atoms with Gasteiger partial charge in [-0.25, -0.2) is 0 Å². The summed E-state index contributed by atoms with van der Waals surface area (Å²) in [6.45, 7) is 6.21. The lowest BCUT2D eigenvalue weighted by atomic mass is 9.78. The van der Waals surface area contributed by atoms with E-state index >= 15 is 0 Å². The number of carbonyl (C=O) groups is 1. The maximum Gasteiger partial charge on any atom is 0.313 e. The average molecular weight is 185 g/mol. The van der Waals surface area contributed by atoms with Crippen molar-refractivity contribution in [3.05, 3.63) is 0 Å². The summed E-state index contributed by atoms with van der Waals surface area (Å²) >= 11 is 0. The van der Waals surface area contributed by atoms with Crippen molar-refractivity contribution in [2.45, 2.75) is 33.1 Å². The van der Waals surface area contributed by atoms with Crippen molar-refractivity contribution in [1.82, 2.24) is 5.32 Å². The Balaban J connectivity index is 2.61. The Morgan fingerprint density at radius 3 is 2.77 bits per heavy atom. The van der Waals surface area contributed by atoms with E-state index in [2.05, 4.69) is 12.2 Å². The number of piperidine rings is 1. The van der Waals surface area contributed by atoms with Crippen LogP contribution in [0.15, 0.2) is 0 Å². The summed E-state index contributed by atoms with van der Waals surface area (Å²) in [5.74, 6) is -0.0234. The number of rotatable bonds is 3. The molecule has 0 unspecified atom stereocenters. The molecule has 1 atom stereocenters. The summed E-state index contributed by atoms with van der Waals surface area (Å²) in [7, 11) is 0. The first-order chi connectivity index (χ1) is 6.25. The maximum atomic E-state index is 11.7. The number of carbonyl (C=O) groups excluding carboxylic acids is 1. The van der Waals surface area contributed by atoms with Crippen molar-refractivity contribution >= 4 is 5.97 Å². The fourth-order valence-corrected chi connectivity index (χ4v) is 1.87. The van der Waals surface area contributed by atoms with Crippen LogP contribution in [-0.4, -0.2) is 25.7 Å². The number of hydrogen-bond acceptors (Lipinski definition) is 3. The molecule has 1 N–H and O–H groups in total. The van der Waals surface area contributed by atoms with Gasteiger partial charge >= 0.3 is 5.97 Å². The highest BCUT2D eigenvalue weighted by Crippen LogP contribution is 2.31. The van der Waals surface area contributed by atoms with Gasteiger partial charge in [0.05, 0.1) is 12.0 Å². The third-order valence-corrected chi connectivity index (χ3v) is 2.86. The van der Waals surface area contributed by atoms with Crippen LogP contribution in [0.25, 0.3) is 0 Å². The first kappa shape index (κ1) is 10.5. The third kappa shape index (κ3) is 2.21. The molecule has 0 radical (unpaired) electrons. The molecule has 0 aromatic carbocycles. The van der Waals surface area contributed by atoms with Crippen molar-refractivity contribution in [2.24, 2.45) is 5.41 Å². The van der Waals surface area contributed by atoms with E-state index in [4.69, 9.17) is 4.74 Å². The van der Waals surface area contributed by atoms with Crippen LogP contribution < -0.4 is 5.32 Å². The van der Waals surface area contributed by atoms with Crippen LogP contribution in [0.4, 0.5) is 0 Å². The summed E-state index contributed by atoms with van der Waals surface area (Å²) in [5, 5.41) is 3.27. The highest BCUT2D eigenvalue weighted by atomic mass is 16.5. The van der Waals surface area contributed by atoms with Crippen LogP contribution in [0.5, 0.6) is 0 Å². The molecule has 3 nitrogen and oxygen atoms in total. The number of nitrogens with one attached hydrogen (secondary N) is 1. The van der Waals surface area contributed by atoms with Gasteiger partial charge in [0.15, 0.2) is 0 Å². The zero-order valence-electron chi connectivity index (χ0n) is 8.56. The molecule has 0 saturated carbocycles. The molecule has 1 aliphatic heterocycles. The van der Waals surface area contributed by atoms with E-state index in [0.717, 1.165) is 32.4 Å². The van der Waals surface area contributed by atoms with E-state index in [1.54, 1.807) is 0 Å². The minimum Gasteiger partial charge on any atom is -0.466 e. The third-order valence-electron chi connectivity index (χ3n) is 2.86. The topological polar surface area (TPSA) is 38.3 Å². The minimum absolute atomic E-state index is 0.0234. The minimum atomic E-state index is -0.242. The Labute approximate surface area is 79.8 Å². The molecule has 13 heavy (non-hydrogen) atoms. The second-order valence-corrected chi connectivity index (χ2v) is 3.63. The van der Waals surface area contributed by atoms with E-state index in [1.807, 2.05) is 6.92 Å². The summed E-state index contributed by atoms with van der Waals surface area (Å²) in [4.78, 5) is 11.7. The molecule has 1 fully saturated rings. The van der Waals surface area contributed by atoms with Gasteiger partial charge in [-0.15, -0.1) is 0 Å². The molecule has 1 aliphatic rings. The monoisotopic (exact) mass is 185 g/mol. The van der Waals surface area contributed by atoms with Gasteiger partial charge in [0, 0.05) is 6.54 Å². The normalized spacial score (nSPS) is 28.5. The van der Waals surface area contributed by atoms with E-state index in [0.29, 0.717) is 6.61 Å². The Kier molecular flexibility index (Phi) is 3.72. The van der Waals surface area contributed by atoms with Crippen molar-refractivity contribution in [3.8, 4) is 0 Å². The number of esters is 1. The van der Waals surface area contributed by atoms with Gasteiger partial charge in [0.25, 0.3) is 0 Å². The molecular formula is C10H19NO2. The summed E-state index contributed by atoms with van der Waals surface area (Å²) in [5.41, 5.74) is -0.242. The fraction of sp³-hybridized carbons (Fsp3) is 0.900. The predicted molar refractivity (Wildman–Crippen MR) is 51.5 cm³/mol. The average Bonchev–Trinajstić information content (AvgIpc) is 2.19. The zero-order valence-corrected chi connectivity index (χ0v) is 8.56. The van der Waals surface area contributed by atoms with Crippen molar-refractivity contribution in [1.29, 1.82) is 0 Å². The number of hydrogen-bond donors (Lipinski definition) is 1. The number of ether oxygens (including phenoxy) is 1. The summed E-state index contributed by atoms with van der Waals surface area (Å²) in [6, 6.07) is 0. The first-order valence-electron chi connectivity index (χ1n) is 5.13. The fourth-order valence-electron chi connectivity index (χ4n) is 1.87. The molecule has 76 valence electrons. The quantitative estimate of drug-likeness (QED) is 0.674. The van der Waals surface area contributed by atoms with Gasteiger partial charge in [-0.05, 0) is 32.7 Å². The van der Waals surface area contributed by atoms with Gasteiger partial charge in [0.2, 0.25) is 0 Å². The highest BCUT2D eigenvalue weighted by molar-refractivity contribution is 5.77. The van der Waals surface area contributed by atoms with Crippen molar-refractivity contribution in [2.75, 3.05) is 19.7 Å². The van der Waals surface area contributed by atoms with Gasteiger partial charge < -0.3 is 10.1 Å². The van der Waals surface area contributed by atoms with E-state index in [9.17, 15) is 4.79 Å². The Hall–Kier alpha value is -0.570. The first-order valence-corrected chi connectivity index (χ1v) is 5.13. The van der Waals surface area contributed by atoms with Gasteiger partial charge in [-0.2, -0.15) is 0 Å². The molecule has 3 heteroatoms. The lowest BCUT2D eigenvalue weighted by Gasteiger charge is -2.34. The maximum absolute atomic E-state index is 11.7. The second-order valence-electron chi connectivity index (χ2n) is 3.63. The Bertz CT molecular complexity index is 174. The smallest absolute Gasteiger partial charge is 0.313 e. The SMILES string of the molecule is CCOC(=O)[C@@]1(CC)CCCNC1. The van der Waals surface area contributed by atoms with Crippen LogP contribution in [0.1, 0.15) is 33.1 Å². The van der Waals surface area contributed by atoms with Crippen LogP contribution in [0, 0.1) is 5.41 Å². The molecule has 0 amide bonds. The largest absolute Gasteiger partial charge is 0.466 e. The van der Waals surface area contributed by atoms with Crippen LogP contribution in [-0.2, 0) is 9.53 Å². The van der Waals surface area contributed by atoms with E-state index in [-0.39, 0.29) is 11.4 Å². The molecule has 0 aromatic heterocycles. The molecule has 1 saturated heterocycles. The van der Waals surface area contributed by atoms with Gasteiger partial charge in [-0.1, -0.05) is 6.92 Å². The molecule has 1 rings (SSSR count). The molecule has 0 aliphatic carbocycles. The predicted octanol–water partition coefficient (Wildman–Crippen LogP) is 1.33. The summed E-state index contributed by atoms with van der Waals surface area (Å²) < 4.78 is 5.10. The molecule has 1 heterocycles. The molecule has 0 aromatic rings. The van der Waals surface area contributed by atoms with E-state index < -0.39 is 0 Å². The molecule has 0 bridgehead atoms. The highest BCUT2D eigenvalue weighted by Gasteiger charge is 2.38. The van der Waals surface area contributed by atoms with Crippen molar-refractivity contribution in [3.63, 3.8) is 0 Å². The second kappa shape index (κ2) is 4.61. The van der Waals surface area contributed by atoms with Crippen LogP contribution >= 0.6 is 0 Å². The van der Waals surface area contributed by atoms with Crippen LogP contribution in [0.2, 0.25) is 0 Å². The molecular weight excluding hydrogens is 166 g/mol. The van der Waals surface area contributed by atoms with Gasteiger partial charge in [-0.3, -0.25) is 4.79 Å². The Morgan fingerprint density at radius 1 is 1.54 bits per heavy atom.